The molecule has 3 heterocycles. The molecule has 0 fully saturated rings. The van der Waals surface area contributed by atoms with Crippen molar-refractivity contribution in [1.82, 2.24) is 15.2 Å². The second-order valence-corrected chi connectivity index (χ2v) is 18.3. The molecule has 1 spiro atoms. The first-order chi connectivity index (χ1) is 30.3. The minimum Gasteiger partial charge on any atom is -0.224 e. The van der Waals surface area contributed by atoms with E-state index in [0.29, 0.717) is 5.82 Å². The zero-order valence-electron chi connectivity index (χ0n) is 32.6. The van der Waals surface area contributed by atoms with Crippen LogP contribution in [0.25, 0.3) is 98.2 Å². The maximum Gasteiger partial charge on any atom is 0.182 e. The van der Waals surface area contributed by atoms with Crippen LogP contribution in [0.15, 0.2) is 198 Å². The molecular formula is C56H31N3S2. The summed E-state index contributed by atoms with van der Waals surface area (Å²) in [7, 11) is 0. The monoisotopic (exact) mass is 809 g/mol. The molecule has 11 aromatic rings. The second-order valence-electron chi connectivity index (χ2n) is 16.2. The van der Waals surface area contributed by atoms with Crippen LogP contribution in [0.3, 0.4) is 0 Å². The van der Waals surface area contributed by atoms with Gasteiger partial charge in [0.1, 0.15) is 11.4 Å². The van der Waals surface area contributed by atoms with E-state index in [0.717, 1.165) is 28.1 Å². The molecule has 2 aromatic heterocycles. The van der Waals surface area contributed by atoms with E-state index in [1.54, 1.807) is 0 Å². The number of benzene rings is 9. The third-order valence-corrected chi connectivity index (χ3v) is 15.6. The number of nitrogens with zero attached hydrogens (tertiary/aromatic N) is 3. The van der Waals surface area contributed by atoms with E-state index in [1.807, 2.05) is 23.1 Å². The zero-order chi connectivity index (χ0) is 39.8. The Morgan fingerprint density at radius 3 is 1.77 bits per heavy atom. The lowest BCUT2D eigenvalue weighted by molar-refractivity contribution is 0.722. The van der Waals surface area contributed by atoms with Crippen LogP contribution in [0.5, 0.6) is 0 Å². The van der Waals surface area contributed by atoms with Crippen molar-refractivity contribution in [2.45, 2.75) is 15.2 Å². The Kier molecular flexibility index (Phi) is 6.85. The average molecular weight is 810 g/mol. The topological polar surface area (TPSA) is 38.7 Å². The number of hydrogen-bond donors (Lipinski definition) is 0. The van der Waals surface area contributed by atoms with Crippen molar-refractivity contribution < 1.29 is 0 Å². The molecule has 0 unspecified atom stereocenters. The molecule has 14 rings (SSSR count). The largest absolute Gasteiger partial charge is 0.224 e. The number of aromatic nitrogens is 3. The molecule has 61 heavy (non-hydrogen) atoms. The maximum atomic E-state index is 5.65. The van der Waals surface area contributed by atoms with Gasteiger partial charge >= 0.3 is 0 Å². The molecule has 5 heteroatoms. The summed E-state index contributed by atoms with van der Waals surface area (Å²) in [5.41, 5.74) is 17.0. The van der Waals surface area contributed by atoms with Gasteiger partial charge in [0.15, 0.2) is 5.82 Å². The normalized spacial score (nSPS) is 13.6. The molecule has 2 aliphatic carbocycles. The van der Waals surface area contributed by atoms with E-state index in [2.05, 4.69) is 188 Å². The van der Waals surface area contributed by atoms with Crippen LogP contribution in [0.2, 0.25) is 0 Å². The van der Waals surface area contributed by atoms with Crippen LogP contribution in [-0.4, -0.2) is 15.2 Å². The molecule has 3 aliphatic rings. The van der Waals surface area contributed by atoms with Crippen LogP contribution in [0.4, 0.5) is 0 Å². The number of rotatable bonds is 3. The molecule has 0 amide bonds. The van der Waals surface area contributed by atoms with E-state index in [-0.39, 0.29) is 0 Å². The standard InChI is InChI=1S/C56H31N3S2/c1-2-14-34-33(13-1)38-18-11-19-39-41(29-28-40(34)51(38)39)52-53(43-21-12-20-42-37-17-5-9-25-48(37)61-54(42)43)58-59-55(57-52)32-27-30-50-47(31-32)56(46-24-8-10-26-49(46)60-50)44-22-6-3-15-35(44)36-16-4-7-23-45(36)56/h1-31H. The highest BCUT2D eigenvalue weighted by atomic mass is 32.2. The summed E-state index contributed by atoms with van der Waals surface area (Å²) >= 11 is 3.66. The van der Waals surface area contributed by atoms with Crippen LogP contribution in [0, 0.1) is 0 Å². The van der Waals surface area contributed by atoms with Gasteiger partial charge in [-0.1, -0.05) is 169 Å². The molecule has 3 nitrogen and oxygen atoms in total. The summed E-state index contributed by atoms with van der Waals surface area (Å²) in [6.07, 6.45) is 0. The third-order valence-electron chi connectivity index (χ3n) is 13.3. The SMILES string of the molecule is c1ccc2c(c1)Sc1ccc(-c3nnc(-c4cccc5c4sc4ccccc45)c(-c4ccc5c6c(cccc46)-c4ccccc4-5)n3)cc1C21c2ccccc2-c2ccccc21. The molecular weight excluding hydrogens is 779 g/mol. The van der Waals surface area contributed by atoms with Gasteiger partial charge in [0.25, 0.3) is 0 Å². The smallest absolute Gasteiger partial charge is 0.182 e. The molecule has 282 valence electrons. The van der Waals surface area contributed by atoms with Crippen LogP contribution >= 0.6 is 23.1 Å². The van der Waals surface area contributed by atoms with Crippen molar-refractivity contribution in [2.75, 3.05) is 0 Å². The predicted octanol–water partition coefficient (Wildman–Crippen LogP) is 14.9. The quantitative estimate of drug-likeness (QED) is 0.178. The number of thiophene rings is 1. The fraction of sp³-hybridized carbons (Fsp3) is 0.0179. The number of fused-ring (bicyclic) bond motifs is 15. The molecule has 0 atom stereocenters. The summed E-state index contributed by atoms with van der Waals surface area (Å²) in [6, 6.07) is 68.9. The number of hydrogen-bond acceptors (Lipinski definition) is 5. The lowest BCUT2D eigenvalue weighted by Crippen LogP contribution is -2.32. The van der Waals surface area contributed by atoms with E-state index in [4.69, 9.17) is 15.2 Å². The summed E-state index contributed by atoms with van der Waals surface area (Å²) in [4.78, 5) is 8.17. The van der Waals surface area contributed by atoms with Crippen molar-refractivity contribution in [3.8, 4) is 67.3 Å². The summed E-state index contributed by atoms with van der Waals surface area (Å²) < 4.78 is 2.45. The summed E-state index contributed by atoms with van der Waals surface area (Å²) in [5, 5.41) is 15.2. The highest BCUT2D eigenvalue weighted by molar-refractivity contribution is 7.99. The van der Waals surface area contributed by atoms with Crippen LogP contribution in [0.1, 0.15) is 22.3 Å². The van der Waals surface area contributed by atoms with Gasteiger partial charge < -0.3 is 0 Å². The van der Waals surface area contributed by atoms with Gasteiger partial charge in [-0.3, -0.25) is 0 Å². The van der Waals surface area contributed by atoms with Gasteiger partial charge in [0.05, 0.1) is 5.41 Å². The van der Waals surface area contributed by atoms with Gasteiger partial charge in [0.2, 0.25) is 0 Å². The van der Waals surface area contributed by atoms with Crippen LogP contribution < -0.4 is 0 Å². The predicted molar refractivity (Wildman–Crippen MR) is 252 cm³/mol. The minimum absolute atomic E-state index is 0.500. The minimum atomic E-state index is -0.500. The summed E-state index contributed by atoms with van der Waals surface area (Å²) in [5.74, 6) is 0.607. The first-order valence-corrected chi connectivity index (χ1v) is 22.3. The molecule has 0 bridgehead atoms. The first kappa shape index (κ1) is 33.6. The van der Waals surface area contributed by atoms with Crippen molar-refractivity contribution in [3.05, 3.63) is 210 Å². The van der Waals surface area contributed by atoms with Gasteiger partial charge in [-0.25, -0.2) is 4.98 Å². The molecule has 9 aromatic carbocycles. The Morgan fingerprint density at radius 1 is 0.377 bits per heavy atom. The maximum absolute atomic E-state index is 5.65. The lowest BCUT2D eigenvalue weighted by Gasteiger charge is -2.39. The van der Waals surface area contributed by atoms with Crippen molar-refractivity contribution >= 4 is 54.0 Å². The Hall–Kier alpha value is -7.18. The molecule has 0 radical (unpaired) electrons. The van der Waals surface area contributed by atoms with Crippen molar-refractivity contribution in [2.24, 2.45) is 0 Å². The van der Waals surface area contributed by atoms with Gasteiger partial charge in [-0.05, 0) is 96.7 Å². The van der Waals surface area contributed by atoms with Gasteiger partial charge in [-0.15, -0.1) is 21.5 Å². The van der Waals surface area contributed by atoms with E-state index < -0.39 is 5.41 Å². The molecule has 0 N–H and O–H groups in total. The van der Waals surface area contributed by atoms with Crippen LogP contribution in [-0.2, 0) is 5.41 Å². The Balaban J connectivity index is 1.04. The Labute approximate surface area is 360 Å². The Bertz CT molecular complexity index is 3640. The fourth-order valence-electron chi connectivity index (χ4n) is 10.8. The van der Waals surface area contributed by atoms with Gasteiger partial charge in [-0.2, -0.15) is 0 Å². The molecule has 0 saturated heterocycles. The lowest BCUT2D eigenvalue weighted by atomic mass is 9.67. The molecule has 1 aliphatic heterocycles. The average Bonchev–Trinajstić information content (AvgIpc) is 3.97. The summed E-state index contributed by atoms with van der Waals surface area (Å²) in [6.45, 7) is 0. The molecule has 0 saturated carbocycles. The van der Waals surface area contributed by atoms with E-state index in [9.17, 15) is 0 Å². The van der Waals surface area contributed by atoms with Gasteiger partial charge in [0, 0.05) is 46.7 Å². The highest BCUT2D eigenvalue weighted by Crippen LogP contribution is 2.62. The first-order valence-electron chi connectivity index (χ1n) is 20.7. The highest BCUT2D eigenvalue weighted by Gasteiger charge is 2.50. The van der Waals surface area contributed by atoms with Crippen molar-refractivity contribution in [1.29, 1.82) is 0 Å². The van der Waals surface area contributed by atoms with Crippen molar-refractivity contribution in [3.63, 3.8) is 0 Å². The second kappa shape index (κ2) is 12.4. The fourth-order valence-corrected chi connectivity index (χ4v) is 13.2. The van der Waals surface area contributed by atoms with E-state index >= 15 is 0 Å². The van der Waals surface area contributed by atoms with E-state index in [1.165, 1.54) is 96.4 Å². The zero-order valence-corrected chi connectivity index (χ0v) is 34.2. The third kappa shape index (κ3) is 4.46. The Morgan fingerprint density at radius 2 is 0.967 bits per heavy atom.